The highest BCUT2D eigenvalue weighted by Crippen LogP contribution is 2.15. The van der Waals surface area contributed by atoms with Crippen molar-refractivity contribution in [3.05, 3.63) is 16.0 Å². The molecule has 1 unspecified atom stereocenters. The Morgan fingerprint density at radius 3 is 2.79 bits per heavy atom. The molecule has 4 nitrogen and oxygen atoms in total. The largest absolute Gasteiger partial charge is 0.379 e. The molecule has 0 N–H and O–H groups in total. The van der Waals surface area contributed by atoms with E-state index in [1.54, 1.807) is 0 Å². The van der Waals surface area contributed by atoms with Crippen molar-refractivity contribution in [3.63, 3.8) is 0 Å². The van der Waals surface area contributed by atoms with Gasteiger partial charge >= 0.3 is 0 Å². The summed E-state index contributed by atoms with van der Waals surface area (Å²) in [6, 6.07) is 0.426. The maximum absolute atomic E-state index is 5.32. The van der Waals surface area contributed by atoms with Gasteiger partial charge in [-0.05, 0) is 29.0 Å². The number of ether oxygens (including phenoxy) is 1. The summed E-state index contributed by atoms with van der Waals surface area (Å²) in [6.07, 6.45) is 4.72. The quantitative estimate of drug-likeness (QED) is 0.772. The molecule has 0 aliphatic carbocycles. The van der Waals surface area contributed by atoms with E-state index in [4.69, 9.17) is 4.74 Å². The van der Waals surface area contributed by atoms with Gasteiger partial charge in [-0.15, -0.1) is 0 Å². The van der Waals surface area contributed by atoms with Gasteiger partial charge in [0.15, 0.2) is 0 Å². The smallest absolute Gasteiger partial charge is 0.225 e. The second-order valence-corrected chi connectivity index (χ2v) is 4.58. The average Bonchev–Trinajstić information content (AvgIpc) is 2.71. The molecule has 0 spiro atoms. The lowest BCUT2D eigenvalue weighted by Crippen LogP contribution is -2.33. The summed E-state index contributed by atoms with van der Waals surface area (Å²) >= 11 is 2.20. The van der Waals surface area contributed by atoms with E-state index >= 15 is 0 Å². The van der Waals surface area contributed by atoms with Crippen LogP contribution in [0.3, 0.4) is 0 Å². The standard InChI is InChI=1S/C9H12IN3O/c1-13(8-2-3-14-6-8)9-11-4-7(10)5-12-9/h4-5,8H,2-3,6H2,1H3. The molecule has 1 fully saturated rings. The summed E-state index contributed by atoms with van der Waals surface area (Å²) in [5.41, 5.74) is 0. The van der Waals surface area contributed by atoms with E-state index in [0.717, 1.165) is 29.2 Å². The first kappa shape index (κ1) is 10.1. The van der Waals surface area contributed by atoms with Gasteiger partial charge in [-0.2, -0.15) is 0 Å². The summed E-state index contributed by atoms with van der Waals surface area (Å²) in [6.45, 7) is 1.63. The van der Waals surface area contributed by atoms with Crippen molar-refractivity contribution in [2.24, 2.45) is 0 Å². The van der Waals surface area contributed by atoms with E-state index in [2.05, 4.69) is 37.5 Å². The maximum atomic E-state index is 5.32. The number of rotatable bonds is 2. The molecular weight excluding hydrogens is 293 g/mol. The Morgan fingerprint density at radius 1 is 1.50 bits per heavy atom. The highest BCUT2D eigenvalue weighted by molar-refractivity contribution is 14.1. The van der Waals surface area contributed by atoms with E-state index < -0.39 is 0 Å². The molecule has 0 aromatic carbocycles. The molecule has 0 saturated carbocycles. The fourth-order valence-corrected chi connectivity index (χ4v) is 1.76. The summed E-state index contributed by atoms with van der Waals surface area (Å²) in [7, 11) is 2.02. The van der Waals surface area contributed by atoms with E-state index in [1.165, 1.54) is 0 Å². The minimum absolute atomic E-state index is 0.426. The van der Waals surface area contributed by atoms with Crippen LogP contribution in [0.5, 0.6) is 0 Å². The van der Waals surface area contributed by atoms with Crippen molar-refractivity contribution in [2.75, 3.05) is 25.2 Å². The fraction of sp³-hybridized carbons (Fsp3) is 0.556. The van der Waals surface area contributed by atoms with Crippen molar-refractivity contribution < 1.29 is 4.74 Å². The van der Waals surface area contributed by atoms with Gasteiger partial charge < -0.3 is 9.64 Å². The molecule has 1 aliphatic heterocycles. The lowest BCUT2D eigenvalue weighted by atomic mass is 10.2. The molecule has 0 amide bonds. The molecule has 76 valence electrons. The topological polar surface area (TPSA) is 38.2 Å². The minimum atomic E-state index is 0.426. The number of nitrogens with zero attached hydrogens (tertiary/aromatic N) is 3. The first-order valence-corrected chi connectivity index (χ1v) is 5.63. The monoisotopic (exact) mass is 305 g/mol. The zero-order valence-electron chi connectivity index (χ0n) is 7.98. The summed E-state index contributed by atoms with van der Waals surface area (Å²) in [4.78, 5) is 10.6. The molecule has 0 radical (unpaired) electrons. The van der Waals surface area contributed by atoms with Gasteiger partial charge in [0.25, 0.3) is 0 Å². The van der Waals surface area contributed by atoms with Crippen LogP contribution in [-0.4, -0.2) is 36.3 Å². The second kappa shape index (κ2) is 4.39. The van der Waals surface area contributed by atoms with Crippen LogP contribution in [0.25, 0.3) is 0 Å². The zero-order valence-corrected chi connectivity index (χ0v) is 10.1. The molecule has 14 heavy (non-hydrogen) atoms. The van der Waals surface area contributed by atoms with Gasteiger partial charge in [0.2, 0.25) is 5.95 Å². The van der Waals surface area contributed by atoms with Crippen LogP contribution in [0.15, 0.2) is 12.4 Å². The lowest BCUT2D eigenvalue weighted by Gasteiger charge is -2.22. The SMILES string of the molecule is CN(c1ncc(I)cn1)C1CCOC1. The number of aromatic nitrogens is 2. The highest BCUT2D eigenvalue weighted by atomic mass is 127. The van der Waals surface area contributed by atoms with Gasteiger partial charge in [0, 0.05) is 29.6 Å². The van der Waals surface area contributed by atoms with Gasteiger partial charge in [-0.25, -0.2) is 9.97 Å². The van der Waals surface area contributed by atoms with Crippen LogP contribution in [0, 0.1) is 3.57 Å². The van der Waals surface area contributed by atoms with E-state index in [0.29, 0.717) is 6.04 Å². The van der Waals surface area contributed by atoms with Crippen molar-refractivity contribution in [2.45, 2.75) is 12.5 Å². The molecule has 2 rings (SSSR count). The Kier molecular flexibility index (Phi) is 3.17. The summed E-state index contributed by atoms with van der Waals surface area (Å²) in [5, 5.41) is 0. The predicted molar refractivity (Wildman–Crippen MR) is 62.4 cm³/mol. The number of halogens is 1. The average molecular weight is 305 g/mol. The Balaban J connectivity index is 2.09. The van der Waals surface area contributed by atoms with Crippen molar-refractivity contribution in [3.8, 4) is 0 Å². The molecule has 0 bridgehead atoms. The van der Waals surface area contributed by atoms with Gasteiger partial charge in [-0.1, -0.05) is 0 Å². The number of likely N-dealkylation sites (N-methyl/N-ethyl adjacent to an activating group) is 1. The van der Waals surface area contributed by atoms with Crippen molar-refractivity contribution in [1.82, 2.24) is 9.97 Å². The normalized spacial score (nSPS) is 21.1. The van der Waals surface area contributed by atoms with Crippen LogP contribution in [0.1, 0.15) is 6.42 Å². The summed E-state index contributed by atoms with van der Waals surface area (Å²) in [5.74, 6) is 0.779. The van der Waals surface area contributed by atoms with Gasteiger partial charge in [-0.3, -0.25) is 0 Å². The molecular formula is C9H12IN3O. The Hall–Kier alpha value is -0.430. The Bertz CT molecular complexity index is 297. The first-order valence-electron chi connectivity index (χ1n) is 4.55. The molecule has 2 heterocycles. The van der Waals surface area contributed by atoms with Gasteiger partial charge in [0.05, 0.1) is 12.6 Å². The van der Waals surface area contributed by atoms with Crippen molar-refractivity contribution in [1.29, 1.82) is 0 Å². The first-order chi connectivity index (χ1) is 6.77. The zero-order chi connectivity index (χ0) is 9.97. The van der Waals surface area contributed by atoms with Crippen LogP contribution in [0.2, 0.25) is 0 Å². The van der Waals surface area contributed by atoms with Crippen LogP contribution >= 0.6 is 22.6 Å². The molecule has 1 saturated heterocycles. The van der Waals surface area contributed by atoms with Crippen molar-refractivity contribution >= 4 is 28.5 Å². The molecule has 5 heteroatoms. The maximum Gasteiger partial charge on any atom is 0.225 e. The number of anilines is 1. The predicted octanol–water partition coefficient (Wildman–Crippen LogP) is 1.31. The number of hydrogen-bond donors (Lipinski definition) is 0. The molecule has 1 aromatic heterocycles. The minimum Gasteiger partial charge on any atom is -0.379 e. The highest BCUT2D eigenvalue weighted by Gasteiger charge is 2.21. The second-order valence-electron chi connectivity index (χ2n) is 3.33. The third kappa shape index (κ3) is 2.14. The van der Waals surface area contributed by atoms with Crippen LogP contribution in [0.4, 0.5) is 5.95 Å². The summed E-state index contributed by atoms with van der Waals surface area (Å²) < 4.78 is 6.38. The Morgan fingerprint density at radius 2 is 2.21 bits per heavy atom. The third-order valence-electron chi connectivity index (χ3n) is 2.38. The third-order valence-corrected chi connectivity index (χ3v) is 2.93. The Labute approximate surface area is 96.8 Å². The van der Waals surface area contributed by atoms with E-state index in [-0.39, 0.29) is 0 Å². The van der Waals surface area contributed by atoms with Crippen LogP contribution < -0.4 is 4.90 Å². The fourth-order valence-electron chi connectivity index (χ4n) is 1.48. The van der Waals surface area contributed by atoms with E-state index in [9.17, 15) is 0 Å². The molecule has 1 atom stereocenters. The van der Waals surface area contributed by atoms with Crippen LogP contribution in [-0.2, 0) is 4.74 Å². The molecule has 1 aliphatic rings. The number of hydrogen-bond acceptors (Lipinski definition) is 4. The van der Waals surface area contributed by atoms with E-state index in [1.807, 2.05) is 19.4 Å². The van der Waals surface area contributed by atoms with Gasteiger partial charge in [0.1, 0.15) is 0 Å². The lowest BCUT2D eigenvalue weighted by molar-refractivity contribution is 0.193. The molecule has 1 aromatic rings.